The van der Waals surface area contributed by atoms with Crippen LogP contribution in [0.5, 0.6) is 0 Å². The predicted octanol–water partition coefficient (Wildman–Crippen LogP) is 5.11. The van der Waals surface area contributed by atoms with Crippen LogP contribution in [0, 0.1) is 0 Å². The lowest BCUT2D eigenvalue weighted by Gasteiger charge is -2.34. The molecule has 0 bridgehead atoms. The number of halogens is 6. The first-order chi connectivity index (χ1) is 15.9. The van der Waals surface area contributed by atoms with Crippen molar-refractivity contribution in [1.29, 1.82) is 0 Å². The van der Waals surface area contributed by atoms with Gasteiger partial charge in [-0.25, -0.2) is 0 Å². The van der Waals surface area contributed by atoms with Crippen LogP contribution >= 0.6 is 0 Å². The summed E-state index contributed by atoms with van der Waals surface area (Å²) >= 11 is 0. The number of rotatable bonds is 6. The highest BCUT2D eigenvalue weighted by molar-refractivity contribution is 5.76. The first-order valence-electron chi connectivity index (χ1n) is 10.9. The van der Waals surface area contributed by atoms with E-state index >= 15 is 0 Å². The molecule has 1 amide bonds. The van der Waals surface area contributed by atoms with E-state index in [1.807, 2.05) is 24.0 Å². The minimum atomic E-state index is -5.91. The fourth-order valence-corrected chi connectivity index (χ4v) is 3.98. The van der Waals surface area contributed by atoms with Crippen molar-refractivity contribution in [2.45, 2.75) is 44.3 Å². The third kappa shape index (κ3) is 5.38. The average Bonchev–Trinajstić information content (AvgIpc) is 2.78. The molecule has 0 spiro atoms. The maximum atomic E-state index is 13.0. The molecule has 34 heavy (non-hydrogen) atoms. The summed E-state index contributed by atoms with van der Waals surface area (Å²) in [6.45, 7) is 5.48. The van der Waals surface area contributed by atoms with E-state index in [-0.39, 0.29) is 5.91 Å². The van der Waals surface area contributed by atoms with Crippen LogP contribution in [0.15, 0.2) is 48.5 Å². The highest BCUT2D eigenvalue weighted by Gasteiger charge is 2.71. The number of carbonyl (C=O) groups is 1. The molecule has 1 heterocycles. The number of hydrogen-bond donors (Lipinski definition) is 1. The zero-order chi connectivity index (χ0) is 25.1. The van der Waals surface area contributed by atoms with Gasteiger partial charge in [-0.1, -0.05) is 55.5 Å². The van der Waals surface area contributed by atoms with Crippen LogP contribution in [0.4, 0.5) is 26.3 Å². The number of carbonyl (C=O) groups excluding carboxylic acids is 1. The minimum absolute atomic E-state index is 0.168. The minimum Gasteiger partial charge on any atom is -0.369 e. The zero-order valence-corrected chi connectivity index (χ0v) is 18.6. The second-order valence-electron chi connectivity index (χ2n) is 8.39. The molecule has 0 aromatic heterocycles. The van der Waals surface area contributed by atoms with Crippen LogP contribution < -0.4 is 0 Å². The van der Waals surface area contributed by atoms with E-state index in [1.165, 1.54) is 0 Å². The smallest absolute Gasteiger partial charge is 0.369 e. The van der Waals surface area contributed by atoms with E-state index in [9.17, 15) is 36.2 Å². The molecule has 186 valence electrons. The summed E-state index contributed by atoms with van der Waals surface area (Å²) in [7, 11) is 0. The SMILES string of the molecule is CCCC(=O)N1CCN(Cc2ccc(-c3ccc(C(O)(C(F)(F)F)C(F)(F)F)cc3)cc2)CC1. The number of amides is 1. The molecular formula is C24H26F6N2O2. The number of piperazine rings is 1. The Hall–Kier alpha value is -2.59. The molecule has 0 atom stereocenters. The van der Waals surface area contributed by atoms with E-state index in [1.54, 1.807) is 12.1 Å². The molecule has 4 nitrogen and oxygen atoms in total. The summed E-state index contributed by atoms with van der Waals surface area (Å²) in [6.07, 6.45) is -10.5. The van der Waals surface area contributed by atoms with E-state index in [0.717, 1.165) is 37.2 Å². The second kappa shape index (κ2) is 9.95. The first-order valence-corrected chi connectivity index (χ1v) is 10.9. The molecule has 1 aliphatic rings. The van der Waals surface area contributed by atoms with Gasteiger partial charge in [0.2, 0.25) is 5.91 Å². The Labute approximate surface area is 193 Å². The largest absolute Gasteiger partial charge is 0.430 e. The van der Waals surface area contributed by atoms with Crippen LogP contribution in [-0.2, 0) is 16.9 Å². The summed E-state index contributed by atoms with van der Waals surface area (Å²) < 4.78 is 78.3. The van der Waals surface area contributed by atoms with Gasteiger partial charge in [-0.3, -0.25) is 9.69 Å². The quantitative estimate of drug-likeness (QED) is 0.575. The molecular weight excluding hydrogens is 462 g/mol. The van der Waals surface area contributed by atoms with E-state index in [2.05, 4.69) is 4.90 Å². The summed E-state index contributed by atoms with van der Waals surface area (Å²) in [4.78, 5) is 16.1. The van der Waals surface area contributed by atoms with Gasteiger partial charge < -0.3 is 10.0 Å². The lowest BCUT2D eigenvalue weighted by atomic mass is 9.90. The van der Waals surface area contributed by atoms with Crippen molar-refractivity contribution in [2.75, 3.05) is 26.2 Å². The second-order valence-corrected chi connectivity index (χ2v) is 8.39. The van der Waals surface area contributed by atoms with Crippen LogP contribution in [-0.4, -0.2) is 59.3 Å². The van der Waals surface area contributed by atoms with Crippen molar-refractivity contribution in [3.8, 4) is 11.1 Å². The Morgan fingerprint density at radius 1 is 0.824 bits per heavy atom. The number of nitrogens with zero attached hydrogens (tertiary/aromatic N) is 2. The Morgan fingerprint density at radius 2 is 1.29 bits per heavy atom. The van der Waals surface area contributed by atoms with Gasteiger partial charge in [0.05, 0.1) is 0 Å². The molecule has 2 aromatic rings. The van der Waals surface area contributed by atoms with Gasteiger partial charge in [-0.2, -0.15) is 26.3 Å². The first kappa shape index (κ1) is 26.0. The fraction of sp³-hybridized carbons (Fsp3) is 0.458. The fourth-order valence-electron chi connectivity index (χ4n) is 3.98. The Balaban J connectivity index is 1.66. The van der Waals surface area contributed by atoms with Crippen molar-refractivity contribution in [2.24, 2.45) is 0 Å². The van der Waals surface area contributed by atoms with Crippen LogP contribution in [0.3, 0.4) is 0 Å². The number of hydrogen-bond acceptors (Lipinski definition) is 3. The number of aliphatic hydroxyl groups is 1. The maximum Gasteiger partial charge on any atom is 0.430 e. The Morgan fingerprint density at radius 3 is 1.74 bits per heavy atom. The van der Waals surface area contributed by atoms with Gasteiger partial charge in [-0.15, -0.1) is 0 Å². The van der Waals surface area contributed by atoms with Crippen LogP contribution in [0.2, 0.25) is 0 Å². The molecule has 0 aliphatic carbocycles. The van der Waals surface area contributed by atoms with Gasteiger partial charge in [0.25, 0.3) is 5.60 Å². The summed E-state index contributed by atoms with van der Waals surface area (Å²) in [6, 6.07) is 10.7. The zero-order valence-electron chi connectivity index (χ0n) is 18.6. The molecule has 0 saturated carbocycles. The number of alkyl halides is 6. The molecule has 1 aliphatic heterocycles. The van der Waals surface area contributed by atoms with Gasteiger partial charge in [0.1, 0.15) is 0 Å². The highest BCUT2D eigenvalue weighted by Crippen LogP contribution is 2.50. The van der Waals surface area contributed by atoms with Gasteiger partial charge >= 0.3 is 12.4 Å². The van der Waals surface area contributed by atoms with E-state index in [4.69, 9.17) is 0 Å². The van der Waals surface area contributed by atoms with Crippen molar-refractivity contribution < 1.29 is 36.2 Å². The van der Waals surface area contributed by atoms with E-state index in [0.29, 0.717) is 49.3 Å². The van der Waals surface area contributed by atoms with Crippen LogP contribution in [0.1, 0.15) is 30.9 Å². The third-order valence-corrected chi connectivity index (χ3v) is 6.01. The summed E-state index contributed by atoms with van der Waals surface area (Å²) in [5, 5.41) is 9.51. The van der Waals surface area contributed by atoms with Gasteiger partial charge in [0.15, 0.2) is 0 Å². The van der Waals surface area contributed by atoms with Gasteiger partial charge in [-0.05, 0) is 23.1 Å². The Bertz CT molecular complexity index is 949. The van der Waals surface area contributed by atoms with E-state index < -0.39 is 23.5 Å². The normalized spacial score (nSPS) is 16.1. The predicted molar refractivity (Wildman–Crippen MR) is 115 cm³/mol. The van der Waals surface area contributed by atoms with Gasteiger partial charge in [0, 0.05) is 44.7 Å². The summed E-state index contributed by atoms with van der Waals surface area (Å²) in [5.41, 5.74) is -4.19. The molecule has 1 N–H and O–H groups in total. The number of benzene rings is 2. The standard InChI is InChI=1S/C24H26F6N2O2/c1-2-3-21(33)32-14-12-31(13-15-32)16-17-4-6-18(7-5-17)19-8-10-20(11-9-19)22(34,23(25,26)27)24(28,29)30/h4-11,34H,2-3,12-16H2,1H3. The summed E-state index contributed by atoms with van der Waals surface area (Å²) in [5.74, 6) is 0.168. The lowest BCUT2D eigenvalue weighted by Crippen LogP contribution is -2.53. The third-order valence-electron chi connectivity index (χ3n) is 6.01. The maximum absolute atomic E-state index is 13.0. The molecule has 10 heteroatoms. The van der Waals surface area contributed by atoms with Crippen molar-refractivity contribution in [1.82, 2.24) is 9.80 Å². The molecule has 0 unspecified atom stereocenters. The van der Waals surface area contributed by atoms with Crippen molar-refractivity contribution in [3.05, 3.63) is 59.7 Å². The molecule has 1 fully saturated rings. The average molecular weight is 488 g/mol. The van der Waals surface area contributed by atoms with Crippen molar-refractivity contribution >= 4 is 5.91 Å². The topological polar surface area (TPSA) is 43.8 Å². The molecule has 3 rings (SSSR count). The lowest BCUT2D eigenvalue weighted by molar-refractivity contribution is -0.376. The van der Waals surface area contributed by atoms with Crippen LogP contribution in [0.25, 0.3) is 11.1 Å². The monoisotopic (exact) mass is 488 g/mol. The van der Waals surface area contributed by atoms with Crippen molar-refractivity contribution in [3.63, 3.8) is 0 Å². The molecule has 2 aromatic carbocycles. The Kier molecular flexibility index (Phi) is 7.62. The molecule has 0 radical (unpaired) electrons. The highest BCUT2D eigenvalue weighted by atomic mass is 19.4. The molecule has 1 saturated heterocycles.